The van der Waals surface area contributed by atoms with Crippen molar-refractivity contribution in [3.63, 3.8) is 0 Å². The van der Waals surface area contributed by atoms with Crippen LogP contribution in [-0.2, 0) is 6.54 Å². The summed E-state index contributed by atoms with van der Waals surface area (Å²) >= 11 is 0. The van der Waals surface area contributed by atoms with E-state index < -0.39 is 5.97 Å². The third-order valence-corrected chi connectivity index (χ3v) is 2.17. The minimum Gasteiger partial charge on any atom is -0.476 e. The molecule has 0 radical (unpaired) electrons. The van der Waals surface area contributed by atoms with Gasteiger partial charge in [-0.25, -0.2) is 14.6 Å². The van der Waals surface area contributed by atoms with Crippen LogP contribution in [0.3, 0.4) is 0 Å². The summed E-state index contributed by atoms with van der Waals surface area (Å²) in [6.45, 7) is 1.93. The van der Waals surface area contributed by atoms with Crippen LogP contribution in [-0.4, -0.2) is 46.3 Å². The van der Waals surface area contributed by atoms with Crippen LogP contribution in [0.1, 0.15) is 16.9 Å². The summed E-state index contributed by atoms with van der Waals surface area (Å²) in [5.74, 6) is -1.07. The molecule has 100 valence electrons. The molecule has 0 aliphatic rings. The Balaban J connectivity index is 2.20. The van der Waals surface area contributed by atoms with E-state index in [0.717, 1.165) is 6.42 Å². The molecule has 0 saturated carbocycles. The fourth-order valence-corrected chi connectivity index (χ4v) is 1.26. The van der Waals surface area contributed by atoms with Gasteiger partial charge in [0.1, 0.15) is 0 Å². The van der Waals surface area contributed by atoms with E-state index >= 15 is 0 Å². The predicted octanol–water partition coefficient (Wildman–Crippen LogP) is -0.771. The first-order valence-electron chi connectivity index (χ1n) is 5.60. The van der Waals surface area contributed by atoms with Crippen molar-refractivity contribution in [2.45, 2.75) is 13.0 Å². The first kappa shape index (κ1) is 14.0. The van der Waals surface area contributed by atoms with Gasteiger partial charge in [0.15, 0.2) is 5.69 Å². The molecule has 8 nitrogen and oxygen atoms in total. The lowest BCUT2D eigenvalue weighted by molar-refractivity contribution is 0.0691. The second-order valence-electron chi connectivity index (χ2n) is 3.63. The van der Waals surface area contributed by atoms with E-state index in [1.165, 1.54) is 12.5 Å². The van der Waals surface area contributed by atoms with Crippen LogP contribution in [0, 0.1) is 0 Å². The summed E-state index contributed by atoms with van der Waals surface area (Å²) in [5, 5.41) is 14.0. The number of amides is 2. The van der Waals surface area contributed by atoms with Crippen LogP contribution in [0.5, 0.6) is 0 Å². The Bertz CT molecular complexity index is 404. The van der Waals surface area contributed by atoms with E-state index in [-0.39, 0.29) is 11.7 Å². The SMILES string of the molecule is NCCCNC(=O)NCCn1cnc(C(=O)O)c1. The average Bonchev–Trinajstić information content (AvgIpc) is 2.78. The maximum atomic E-state index is 11.2. The molecule has 0 unspecified atom stereocenters. The Morgan fingerprint density at radius 1 is 1.39 bits per heavy atom. The minimum absolute atomic E-state index is 0.0117. The van der Waals surface area contributed by atoms with E-state index in [2.05, 4.69) is 15.6 Å². The van der Waals surface area contributed by atoms with Crippen molar-refractivity contribution in [2.75, 3.05) is 19.6 Å². The van der Waals surface area contributed by atoms with Gasteiger partial charge in [0, 0.05) is 25.8 Å². The fraction of sp³-hybridized carbons (Fsp3) is 0.500. The summed E-state index contributed by atoms with van der Waals surface area (Å²) in [6, 6.07) is -0.262. The molecular formula is C10H17N5O3. The quantitative estimate of drug-likeness (QED) is 0.476. The standard InChI is InChI=1S/C10H17N5O3/c11-2-1-3-12-10(18)13-4-5-15-6-8(9(16)17)14-7-15/h6-7H,1-5,11H2,(H,16,17)(H2,12,13,18). The lowest BCUT2D eigenvalue weighted by Crippen LogP contribution is -2.38. The number of nitrogens with one attached hydrogen (secondary N) is 2. The first-order chi connectivity index (χ1) is 8.63. The average molecular weight is 255 g/mol. The fourth-order valence-electron chi connectivity index (χ4n) is 1.26. The number of nitrogens with zero attached hydrogens (tertiary/aromatic N) is 2. The number of hydrogen-bond donors (Lipinski definition) is 4. The molecule has 2 amide bonds. The molecule has 1 aromatic heterocycles. The van der Waals surface area contributed by atoms with Gasteiger partial charge in [0.2, 0.25) is 0 Å². The Labute approximate surface area is 104 Å². The molecule has 0 aliphatic carbocycles. The van der Waals surface area contributed by atoms with E-state index in [1.807, 2.05) is 0 Å². The summed E-state index contributed by atoms with van der Waals surface area (Å²) in [4.78, 5) is 25.5. The summed E-state index contributed by atoms with van der Waals surface area (Å²) in [6.07, 6.45) is 3.56. The predicted molar refractivity (Wildman–Crippen MR) is 64.3 cm³/mol. The van der Waals surface area contributed by atoms with Crippen molar-refractivity contribution in [1.82, 2.24) is 20.2 Å². The lowest BCUT2D eigenvalue weighted by Gasteiger charge is -2.07. The normalized spacial score (nSPS) is 10.1. The van der Waals surface area contributed by atoms with Crippen LogP contribution in [0.2, 0.25) is 0 Å². The van der Waals surface area contributed by atoms with Gasteiger partial charge in [-0.05, 0) is 13.0 Å². The van der Waals surface area contributed by atoms with Crippen molar-refractivity contribution in [1.29, 1.82) is 0 Å². The van der Waals surface area contributed by atoms with Crippen LogP contribution < -0.4 is 16.4 Å². The molecular weight excluding hydrogens is 238 g/mol. The van der Waals surface area contributed by atoms with Gasteiger partial charge in [-0.3, -0.25) is 0 Å². The topological polar surface area (TPSA) is 122 Å². The molecule has 0 atom stereocenters. The largest absolute Gasteiger partial charge is 0.476 e. The zero-order valence-electron chi connectivity index (χ0n) is 9.93. The number of aromatic carboxylic acids is 1. The molecule has 0 bridgehead atoms. The molecule has 1 heterocycles. The highest BCUT2D eigenvalue weighted by Crippen LogP contribution is 1.95. The zero-order chi connectivity index (χ0) is 13.4. The molecule has 5 N–H and O–H groups in total. The van der Waals surface area contributed by atoms with Crippen molar-refractivity contribution in [3.05, 3.63) is 18.2 Å². The summed E-state index contributed by atoms with van der Waals surface area (Å²) in [5.41, 5.74) is 5.28. The van der Waals surface area contributed by atoms with E-state index in [9.17, 15) is 9.59 Å². The monoisotopic (exact) mass is 255 g/mol. The number of imidazole rings is 1. The van der Waals surface area contributed by atoms with Crippen molar-refractivity contribution < 1.29 is 14.7 Å². The number of urea groups is 1. The third-order valence-electron chi connectivity index (χ3n) is 2.17. The molecule has 8 heteroatoms. The summed E-state index contributed by atoms with van der Waals surface area (Å²) in [7, 11) is 0. The van der Waals surface area contributed by atoms with Crippen LogP contribution in [0.15, 0.2) is 12.5 Å². The first-order valence-corrected chi connectivity index (χ1v) is 5.60. The highest BCUT2D eigenvalue weighted by Gasteiger charge is 2.06. The Hall–Kier alpha value is -2.09. The third kappa shape index (κ3) is 4.83. The smallest absolute Gasteiger partial charge is 0.356 e. The molecule has 0 fully saturated rings. The molecule has 1 rings (SSSR count). The van der Waals surface area contributed by atoms with Gasteiger partial charge < -0.3 is 26.0 Å². The second kappa shape index (κ2) is 7.28. The van der Waals surface area contributed by atoms with Gasteiger partial charge in [-0.15, -0.1) is 0 Å². The maximum Gasteiger partial charge on any atom is 0.356 e. The summed E-state index contributed by atoms with van der Waals surface area (Å²) < 4.78 is 1.60. The highest BCUT2D eigenvalue weighted by molar-refractivity contribution is 5.84. The number of nitrogens with two attached hydrogens (primary N) is 1. The molecule has 1 aromatic rings. The Morgan fingerprint density at radius 2 is 2.11 bits per heavy atom. The van der Waals surface area contributed by atoms with Gasteiger partial charge >= 0.3 is 12.0 Å². The van der Waals surface area contributed by atoms with Gasteiger partial charge in [0.25, 0.3) is 0 Å². The van der Waals surface area contributed by atoms with Gasteiger partial charge in [-0.2, -0.15) is 0 Å². The molecule has 0 saturated heterocycles. The van der Waals surface area contributed by atoms with E-state index in [4.69, 9.17) is 10.8 Å². The van der Waals surface area contributed by atoms with Gasteiger partial charge in [-0.1, -0.05) is 0 Å². The number of carbonyl (C=O) groups excluding carboxylic acids is 1. The number of hydrogen-bond acceptors (Lipinski definition) is 4. The maximum absolute atomic E-state index is 11.2. The van der Waals surface area contributed by atoms with E-state index in [0.29, 0.717) is 26.2 Å². The second-order valence-corrected chi connectivity index (χ2v) is 3.63. The highest BCUT2D eigenvalue weighted by atomic mass is 16.4. The van der Waals surface area contributed by atoms with Crippen molar-refractivity contribution in [3.8, 4) is 0 Å². The minimum atomic E-state index is -1.07. The Kier molecular flexibility index (Phi) is 5.65. The number of rotatable bonds is 7. The molecule has 0 aliphatic heterocycles. The number of carboxylic acids is 1. The number of carbonyl (C=O) groups is 2. The van der Waals surface area contributed by atoms with Crippen molar-refractivity contribution in [2.24, 2.45) is 5.73 Å². The molecule has 0 spiro atoms. The van der Waals surface area contributed by atoms with Crippen LogP contribution in [0.25, 0.3) is 0 Å². The van der Waals surface area contributed by atoms with Crippen LogP contribution >= 0.6 is 0 Å². The molecule has 0 aromatic carbocycles. The lowest BCUT2D eigenvalue weighted by atomic mass is 10.4. The van der Waals surface area contributed by atoms with Gasteiger partial charge in [0.05, 0.1) is 6.33 Å². The van der Waals surface area contributed by atoms with E-state index in [1.54, 1.807) is 4.57 Å². The zero-order valence-corrected chi connectivity index (χ0v) is 9.93. The molecule has 18 heavy (non-hydrogen) atoms. The van der Waals surface area contributed by atoms with Crippen LogP contribution in [0.4, 0.5) is 4.79 Å². The number of aromatic nitrogens is 2. The Morgan fingerprint density at radius 3 is 2.72 bits per heavy atom. The number of carboxylic acid groups (broad SMARTS) is 1. The van der Waals surface area contributed by atoms with Crippen molar-refractivity contribution >= 4 is 12.0 Å².